The summed E-state index contributed by atoms with van der Waals surface area (Å²) < 4.78 is 11.4. The minimum absolute atomic E-state index is 0.0121. The lowest BCUT2D eigenvalue weighted by atomic mass is 9.89. The van der Waals surface area contributed by atoms with E-state index < -0.39 is 5.60 Å². The van der Waals surface area contributed by atoms with Gasteiger partial charge in [-0.1, -0.05) is 41.9 Å². The molecular weight excluding hydrogens is 566 g/mol. The Morgan fingerprint density at radius 3 is 2.30 bits per heavy atom. The molecule has 2 heterocycles. The van der Waals surface area contributed by atoms with Crippen molar-refractivity contribution in [3.8, 4) is 11.5 Å². The van der Waals surface area contributed by atoms with E-state index in [4.69, 9.17) is 21.1 Å². The van der Waals surface area contributed by atoms with Crippen molar-refractivity contribution >= 4 is 34.9 Å². The standard InChI is InChI=1S/C28H31N3O5.C6H3Cl/c1-17(2)36-25-13-20-16-31(27(33)14-19(20)12-24(25)35-5)26-11-8-22(15-29-26)28(4,34)21-6-9-23(10-7-21)30-18(3)32;7-6-4-2-1-3-5-6/h6-13,15,17,34H,14,16H2,1-5H3,(H,30,32);2,4-5H. The van der Waals surface area contributed by atoms with Gasteiger partial charge in [0.05, 0.1) is 26.2 Å². The Morgan fingerprint density at radius 2 is 1.77 bits per heavy atom. The van der Waals surface area contributed by atoms with Gasteiger partial charge in [0.2, 0.25) is 11.8 Å². The smallest absolute Gasteiger partial charge is 0.232 e. The molecular formula is C34H34ClN3O5. The van der Waals surface area contributed by atoms with Crippen molar-refractivity contribution in [3.63, 3.8) is 0 Å². The number of hydrogen-bond donors (Lipinski definition) is 2. The number of aromatic nitrogens is 1. The first-order valence-electron chi connectivity index (χ1n) is 13.7. The van der Waals surface area contributed by atoms with Crippen molar-refractivity contribution in [2.75, 3.05) is 17.3 Å². The number of benzene rings is 2. The first-order valence-corrected chi connectivity index (χ1v) is 14.1. The zero-order valence-corrected chi connectivity index (χ0v) is 25.5. The zero-order valence-electron chi connectivity index (χ0n) is 24.8. The molecule has 0 radical (unpaired) electrons. The molecule has 0 fully saturated rings. The van der Waals surface area contributed by atoms with Gasteiger partial charge < -0.3 is 19.9 Å². The van der Waals surface area contributed by atoms with Crippen LogP contribution in [0.3, 0.4) is 0 Å². The number of nitrogens with one attached hydrogen (secondary N) is 1. The van der Waals surface area contributed by atoms with Gasteiger partial charge in [-0.05, 0) is 79.9 Å². The molecule has 9 heteroatoms. The van der Waals surface area contributed by atoms with E-state index in [1.54, 1.807) is 79.7 Å². The predicted octanol–water partition coefficient (Wildman–Crippen LogP) is 6.12. The number of hydrogen-bond acceptors (Lipinski definition) is 6. The van der Waals surface area contributed by atoms with Crippen LogP contribution in [0.15, 0.2) is 72.9 Å². The van der Waals surface area contributed by atoms with Gasteiger partial charge in [0.25, 0.3) is 0 Å². The molecule has 1 aliphatic heterocycles. The molecule has 0 saturated heterocycles. The van der Waals surface area contributed by atoms with Gasteiger partial charge in [-0.25, -0.2) is 4.98 Å². The summed E-state index contributed by atoms with van der Waals surface area (Å²) in [7, 11) is 1.59. The van der Waals surface area contributed by atoms with E-state index in [-0.39, 0.29) is 24.3 Å². The summed E-state index contributed by atoms with van der Waals surface area (Å²) in [5.74, 6) is 1.53. The normalized spacial score (nSPS) is 13.6. The van der Waals surface area contributed by atoms with E-state index in [1.807, 2.05) is 26.0 Å². The van der Waals surface area contributed by atoms with Gasteiger partial charge in [-0.15, -0.1) is 0 Å². The summed E-state index contributed by atoms with van der Waals surface area (Å²) in [6.45, 7) is 7.39. The summed E-state index contributed by atoms with van der Waals surface area (Å²) in [6.07, 6.45) is 1.80. The number of fused-ring (bicyclic) bond motifs is 1. The fourth-order valence-corrected chi connectivity index (χ4v) is 4.71. The third-order valence-corrected chi connectivity index (χ3v) is 7.03. The molecule has 1 aliphatic rings. The first kappa shape index (κ1) is 31.4. The Hall–Kier alpha value is -4.58. The highest BCUT2D eigenvalue weighted by molar-refractivity contribution is 6.30. The minimum Gasteiger partial charge on any atom is -0.493 e. The van der Waals surface area contributed by atoms with Crippen molar-refractivity contribution < 1.29 is 24.2 Å². The summed E-state index contributed by atoms with van der Waals surface area (Å²) in [5.41, 5.74) is 2.47. The van der Waals surface area contributed by atoms with E-state index in [1.165, 1.54) is 6.92 Å². The Morgan fingerprint density at radius 1 is 1.07 bits per heavy atom. The molecule has 4 aromatic rings. The van der Waals surface area contributed by atoms with E-state index in [0.717, 1.165) is 11.1 Å². The largest absolute Gasteiger partial charge is 0.493 e. The summed E-state index contributed by atoms with van der Waals surface area (Å²) in [4.78, 5) is 30.4. The molecule has 43 heavy (non-hydrogen) atoms. The number of halogens is 1. The van der Waals surface area contributed by atoms with E-state index in [0.29, 0.717) is 45.7 Å². The Labute approximate surface area is 257 Å². The van der Waals surface area contributed by atoms with Crippen LogP contribution in [0.2, 0.25) is 5.02 Å². The summed E-state index contributed by atoms with van der Waals surface area (Å²) in [6, 6.07) is 24.9. The molecule has 0 spiro atoms. The molecule has 0 saturated carbocycles. The third kappa shape index (κ3) is 7.83. The molecule has 2 amide bonds. The van der Waals surface area contributed by atoms with Crippen LogP contribution in [-0.4, -0.2) is 35.1 Å². The Bertz CT molecular complexity index is 1560. The van der Waals surface area contributed by atoms with Crippen LogP contribution in [0.1, 0.15) is 49.9 Å². The molecule has 1 unspecified atom stereocenters. The second-order valence-electron chi connectivity index (χ2n) is 10.5. The lowest BCUT2D eigenvalue weighted by Gasteiger charge is -2.30. The van der Waals surface area contributed by atoms with Crippen molar-refractivity contribution in [2.45, 2.75) is 52.4 Å². The monoisotopic (exact) mass is 599 g/mol. The maximum absolute atomic E-state index is 13.0. The summed E-state index contributed by atoms with van der Waals surface area (Å²) >= 11 is 5.49. The number of carbonyl (C=O) groups is 2. The quantitative estimate of drug-likeness (QED) is 0.265. The second kappa shape index (κ2) is 13.6. The average molecular weight is 600 g/mol. The minimum atomic E-state index is -1.31. The van der Waals surface area contributed by atoms with Crippen LogP contribution in [0.4, 0.5) is 11.5 Å². The number of anilines is 2. The number of aliphatic hydroxyl groups is 1. The maximum atomic E-state index is 13.0. The first-order chi connectivity index (χ1) is 20.5. The average Bonchev–Trinajstić information content (AvgIpc) is 2.97. The molecule has 222 valence electrons. The number of carbonyl (C=O) groups excluding carboxylic acids is 2. The number of ether oxygens (including phenoxy) is 2. The van der Waals surface area contributed by atoms with Crippen molar-refractivity contribution in [1.82, 2.24) is 4.98 Å². The highest BCUT2D eigenvalue weighted by atomic mass is 35.5. The molecule has 5 rings (SSSR count). The highest BCUT2D eigenvalue weighted by Gasteiger charge is 2.29. The lowest BCUT2D eigenvalue weighted by Crippen LogP contribution is -2.37. The topological polar surface area (TPSA) is 101 Å². The number of rotatable bonds is 7. The number of pyridine rings is 1. The Balaban J connectivity index is 0.000000530. The van der Waals surface area contributed by atoms with Crippen LogP contribution in [-0.2, 0) is 28.2 Å². The molecule has 0 aliphatic carbocycles. The fourth-order valence-electron chi connectivity index (χ4n) is 4.60. The third-order valence-electron chi connectivity index (χ3n) is 6.79. The fraction of sp³-hybridized carbons (Fsp3) is 0.265. The van der Waals surface area contributed by atoms with Crippen molar-refractivity contribution in [2.24, 2.45) is 0 Å². The van der Waals surface area contributed by atoms with Crippen LogP contribution < -0.4 is 19.7 Å². The van der Waals surface area contributed by atoms with Gasteiger partial charge in [-0.3, -0.25) is 14.5 Å². The van der Waals surface area contributed by atoms with E-state index in [2.05, 4.69) is 22.4 Å². The molecule has 3 aromatic carbocycles. The zero-order chi connectivity index (χ0) is 31.1. The SMILES string of the molecule is COc1cc2c(cc1OC(C)C)CN(c1ccc(C(C)(O)c3ccc(NC(C)=O)cc3)cn1)C(=O)C2.Clc1cc#ccc1. The van der Waals surface area contributed by atoms with Crippen LogP contribution in [0.25, 0.3) is 0 Å². The number of amides is 2. The van der Waals surface area contributed by atoms with Crippen LogP contribution in [0, 0.1) is 12.1 Å². The van der Waals surface area contributed by atoms with Gasteiger partial charge in [0, 0.05) is 35.5 Å². The van der Waals surface area contributed by atoms with Crippen molar-refractivity contribution in [3.05, 3.63) is 112 Å². The number of nitrogens with zero attached hydrogens (tertiary/aromatic N) is 2. The molecule has 1 atom stereocenters. The van der Waals surface area contributed by atoms with Crippen LogP contribution >= 0.6 is 11.6 Å². The lowest BCUT2D eigenvalue weighted by molar-refractivity contribution is -0.118. The van der Waals surface area contributed by atoms with Gasteiger partial charge >= 0.3 is 0 Å². The van der Waals surface area contributed by atoms with E-state index in [9.17, 15) is 14.7 Å². The van der Waals surface area contributed by atoms with Gasteiger partial charge in [-0.2, -0.15) is 0 Å². The summed E-state index contributed by atoms with van der Waals surface area (Å²) in [5, 5.41) is 14.7. The predicted molar refractivity (Wildman–Crippen MR) is 166 cm³/mol. The van der Waals surface area contributed by atoms with Gasteiger partial charge in [0.15, 0.2) is 11.5 Å². The molecule has 1 aromatic heterocycles. The van der Waals surface area contributed by atoms with Crippen LogP contribution in [0.5, 0.6) is 11.5 Å². The van der Waals surface area contributed by atoms with Gasteiger partial charge in [0.1, 0.15) is 11.4 Å². The van der Waals surface area contributed by atoms with E-state index >= 15 is 0 Å². The maximum Gasteiger partial charge on any atom is 0.232 e. The molecule has 0 bridgehead atoms. The molecule has 8 nitrogen and oxygen atoms in total. The van der Waals surface area contributed by atoms with Crippen molar-refractivity contribution in [1.29, 1.82) is 0 Å². The highest BCUT2D eigenvalue weighted by Crippen LogP contribution is 2.36. The second-order valence-corrected chi connectivity index (χ2v) is 10.9. The number of methoxy groups -OCH3 is 1. The molecule has 2 N–H and O–H groups in total. The Kier molecular flexibility index (Phi) is 9.92.